The third-order valence-electron chi connectivity index (χ3n) is 6.65. The van der Waals surface area contributed by atoms with Crippen molar-refractivity contribution in [3.63, 3.8) is 0 Å². The van der Waals surface area contributed by atoms with E-state index in [9.17, 15) is 16.8 Å². The molecular weight excluding hydrogens is 374 g/mol. The minimum Gasteiger partial charge on any atom is -0.371 e. The summed E-state index contributed by atoms with van der Waals surface area (Å²) in [7, 11) is -7.78. The smallest absolute Gasteiger partial charge is 0.371 e. The van der Waals surface area contributed by atoms with Crippen molar-refractivity contribution >= 4 is 25.7 Å². The highest BCUT2D eigenvalue weighted by Crippen LogP contribution is 2.60. The van der Waals surface area contributed by atoms with Crippen LogP contribution in [0.4, 0.5) is 0 Å². The molecular formula is C18H21NO5S2. The Labute approximate surface area is 153 Å². The number of fused-ring (bicyclic) bond motifs is 1. The third kappa shape index (κ3) is 2.61. The number of rotatable bonds is 3. The molecule has 1 aromatic carbocycles. The van der Waals surface area contributed by atoms with Gasteiger partial charge in [0.25, 0.3) is 0 Å². The molecule has 1 aliphatic heterocycles. The number of hydrogen-bond acceptors (Lipinski definition) is 5. The van der Waals surface area contributed by atoms with Crippen LogP contribution in [0.15, 0.2) is 28.5 Å². The van der Waals surface area contributed by atoms with Gasteiger partial charge < -0.3 is 4.18 Å². The van der Waals surface area contributed by atoms with Crippen LogP contribution < -0.4 is 9.32 Å². The van der Waals surface area contributed by atoms with Gasteiger partial charge in [-0.15, -0.1) is 0 Å². The van der Waals surface area contributed by atoms with Gasteiger partial charge in [-0.25, -0.2) is 8.42 Å². The molecule has 6 rings (SSSR count). The summed E-state index contributed by atoms with van der Waals surface area (Å²) in [5.74, 6) is 2.99. The van der Waals surface area contributed by atoms with Gasteiger partial charge in [-0.2, -0.15) is 13.6 Å². The first kappa shape index (κ1) is 16.8. The molecule has 4 saturated carbocycles. The number of allylic oxidation sites excluding steroid dienone is 1. The van der Waals surface area contributed by atoms with E-state index in [1.165, 1.54) is 49.6 Å². The summed E-state index contributed by atoms with van der Waals surface area (Å²) in [6.45, 7) is 0. The summed E-state index contributed by atoms with van der Waals surface area (Å²) < 4.78 is 52.3. The highest BCUT2D eigenvalue weighted by atomic mass is 32.2. The van der Waals surface area contributed by atoms with Crippen molar-refractivity contribution in [2.24, 2.45) is 34.7 Å². The second-order valence-electron chi connectivity index (χ2n) is 8.31. The molecule has 6 nitrogen and oxygen atoms in total. The average Bonchev–Trinajstić information content (AvgIpc) is 2.76. The molecule has 0 amide bonds. The lowest BCUT2D eigenvalue weighted by molar-refractivity contribution is -0.0119. The molecule has 5 aliphatic rings. The second-order valence-corrected chi connectivity index (χ2v) is 11.2. The number of benzene rings is 1. The maximum absolute atomic E-state index is 12.7. The van der Waals surface area contributed by atoms with Crippen molar-refractivity contribution in [1.29, 1.82) is 0 Å². The second kappa shape index (κ2) is 5.33. The molecule has 1 heterocycles. The van der Waals surface area contributed by atoms with Crippen LogP contribution in [-0.4, -0.2) is 16.8 Å². The predicted octanol–water partition coefficient (Wildman–Crippen LogP) is 2.47. The van der Waals surface area contributed by atoms with E-state index >= 15 is 0 Å². The van der Waals surface area contributed by atoms with E-state index in [1.807, 2.05) is 0 Å². The van der Waals surface area contributed by atoms with Crippen molar-refractivity contribution in [1.82, 2.24) is 0 Å². The summed E-state index contributed by atoms with van der Waals surface area (Å²) in [4.78, 5) is 0.127. The van der Waals surface area contributed by atoms with Gasteiger partial charge in [0.05, 0.1) is 4.90 Å². The fourth-order valence-corrected chi connectivity index (χ4v) is 8.04. The molecule has 0 aromatic heterocycles. The maximum atomic E-state index is 12.7. The Hall–Kier alpha value is -1.38. The molecule has 140 valence electrons. The normalized spacial score (nSPS) is 36.7. The lowest BCUT2D eigenvalue weighted by Gasteiger charge is -2.55. The van der Waals surface area contributed by atoms with Crippen LogP contribution >= 0.6 is 0 Å². The molecule has 0 spiro atoms. The minimum absolute atomic E-state index is 0.0745. The van der Waals surface area contributed by atoms with Crippen molar-refractivity contribution in [3.05, 3.63) is 29.2 Å². The fourth-order valence-electron chi connectivity index (χ4n) is 6.15. The van der Waals surface area contributed by atoms with E-state index in [4.69, 9.17) is 5.14 Å². The molecule has 0 atom stereocenters. The van der Waals surface area contributed by atoms with Crippen LogP contribution in [0.5, 0.6) is 5.75 Å². The first-order valence-electron chi connectivity index (χ1n) is 9.03. The highest BCUT2D eigenvalue weighted by Gasteiger charge is 2.50. The molecule has 0 unspecified atom stereocenters. The molecule has 4 bridgehead atoms. The zero-order chi connectivity index (χ0) is 18.3. The molecule has 4 aliphatic carbocycles. The summed E-state index contributed by atoms with van der Waals surface area (Å²) in [5, 5.41) is 6.30. The molecule has 0 saturated heterocycles. The van der Waals surface area contributed by atoms with E-state index in [-0.39, 0.29) is 10.6 Å². The van der Waals surface area contributed by atoms with Crippen LogP contribution in [0.25, 0.3) is 5.57 Å². The molecule has 26 heavy (non-hydrogen) atoms. The van der Waals surface area contributed by atoms with Crippen LogP contribution in [0.3, 0.4) is 0 Å². The maximum Gasteiger partial charge on any atom is 0.380 e. The zero-order valence-electron chi connectivity index (χ0n) is 14.2. The van der Waals surface area contributed by atoms with Crippen LogP contribution in [0, 0.1) is 29.6 Å². The van der Waals surface area contributed by atoms with Crippen molar-refractivity contribution in [3.8, 4) is 5.75 Å². The first-order chi connectivity index (χ1) is 12.2. The number of nitrogens with two attached hydrogens (primary N) is 1. The van der Waals surface area contributed by atoms with Crippen LogP contribution in [0.1, 0.15) is 37.7 Å². The Morgan fingerprint density at radius 3 is 2.19 bits per heavy atom. The average molecular weight is 396 g/mol. The molecule has 1 aromatic rings. The largest absolute Gasteiger partial charge is 0.380 e. The molecule has 2 N–H and O–H groups in total. The third-order valence-corrected chi connectivity index (χ3v) is 8.59. The molecule has 4 fully saturated rings. The van der Waals surface area contributed by atoms with E-state index in [2.05, 4.69) is 4.18 Å². The van der Waals surface area contributed by atoms with Gasteiger partial charge in [0.2, 0.25) is 9.84 Å². The summed E-state index contributed by atoms with van der Waals surface area (Å²) in [5.41, 5.74) is 1.61. The monoisotopic (exact) mass is 395 g/mol. The molecule has 0 radical (unpaired) electrons. The first-order valence-corrected chi connectivity index (χ1v) is 12.0. The summed E-state index contributed by atoms with van der Waals surface area (Å²) in [6.07, 6.45) is 6.17. The van der Waals surface area contributed by atoms with Gasteiger partial charge >= 0.3 is 10.3 Å². The van der Waals surface area contributed by atoms with Gasteiger partial charge in [0.1, 0.15) is 5.75 Å². The highest BCUT2D eigenvalue weighted by molar-refractivity contribution is 7.95. The molecule has 8 heteroatoms. The lowest BCUT2D eigenvalue weighted by Crippen LogP contribution is -2.45. The number of hydrogen-bond donors (Lipinski definition) is 1. The Bertz CT molecular complexity index is 998. The Morgan fingerprint density at radius 2 is 1.62 bits per heavy atom. The Balaban J connectivity index is 1.55. The van der Waals surface area contributed by atoms with Gasteiger partial charge in [0.15, 0.2) is 0 Å². The van der Waals surface area contributed by atoms with Gasteiger partial charge in [-0.05, 0) is 85.0 Å². The fraction of sp³-hybridized carbons (Fsp3) is 0.556. The Kier molecular flexibility index (Phi) is 3.44. The standard InChI is InChI=1S/C18H21NO5S2/c19-26(22,23)24-14-1-2-15-16(9-25(20,21)17(15)8-14)18-12-4-10-3-11(6-12)7-13(18)5-10/h1-2,8-13,18H,3-7H2,(H2,19,22,23). The quantitative estimate of drug-likeness (QED) is 0.847. The topological polar surface area (TPSA) is 104 Å². The van der Waals surface area contributed by atoms with E-state index < -0.39 is 20.1 Å². The van der Waals surface area contributed by atoms with Crippen molar-refractivity contribution < 1.29 is 21.0 Å². The van der Waals surface area contributed by atoms with E-state index in [0.29, 0.717) is 23.3 Å². The van der Waals surface area contributed by atoms with E-state index in [1.54, 1.807) is 6.07 Å². The Morgan fingerprint density at radius 1 is 1.00 bits per heavy atom. The van der Waals surface area contributed by atoms with Crippen molar-refractivity contribution in [2.45, 2.75) is 37.0 Å². The summed E-state index contributed by atoms with van der Waals surface area (Å²) >= 11 is 0. The lowest BCUT2D eigenvalue weighted by atomic mass is 9.50. The SMILES string of the molecule is NS(=O)(=O)Oc1ccc2c(c1)S(=O)(=O)C=C2C1C2CC3CC(C2)CC1C3. The van der Waals surface area contributed by atoms with Gasteiger partial charge in [-0.3, -0.25) is 0 Å². The van der Waals surface area contributed by atoms with Crippen LogP contribution in [-0.2, 0) is 20.1 Å². The number of sulfone groups is 1. The van der Waals surface area contributed by atoms with Gasteiger partial charge in [0, 0.05) is 11.5 Å². The van der Waals surface area contributed by atoms with Gasteiger partial charge in [-0.1, -0.05) is 0 Å². The predicted molar refractivity (Wildman–Crippen MR) is 95.9 cm³/mol. The van der Waals surface area contributed by atoms with E-state index in [0.717, 1.165) is 17.4 Å². The summed E-state index contributed by atoms with van der Waals surface area (Å²) in [6, 6.07) is 4.42. The zero-order valence-corrected chi connectivity index (χ0v) is 15.8. The van der Waals surface area contributed by atoms with Crippen LogP contribution in [0.2, 0.25) is 0 Å². The van der Waals surface area contributed by atoms with Crippen molar-refractivity contribution in [2.75, 3.05) is 0 Å². The minimum atomic E-state index is -4.19.